The van der Waals surface area contributed by atoms with Crippen molar-refractivity contribution in [3.63, 3.8) is 0 Å². The lowest BCUT2D eigenvalue weighted by Crippen LogP contribution is -2.45. The van der Waals surface area contributed by atoms with Crippen molar-refractivity contribution in [3.8, 4) is 0 Å². The second-order valence-corrected chi connectivity index (χ2v) is 4.84. The zero-order chi connectivity index (χ0) is 13.3. The zero-order valence-corrected chi connectivity index (χ0v) is 10.7. The van der Waals surface area contributed by atoms with Crippen molar-refractivity contribution >= 4 is 17.5 Å². The maximum absolute atomic E-state index is 13.3. The van der Waals surface area contributed by atoms with Gasteiger partial charge in [-0.1, -0.05) is 11.6 Å². The zero-order valence-electron chi connectivity index (χ0n) is 9.92. The Morgan fingerprint density at radius 2 is 2.22 bits per heavy atom. The molecule has 0 atom stereocenters. The summed E-state index contributed by atoms with van der Waals surface area (Å²) in [4.78, 5) is 17.3. The summed E-state index contributed by atoms with van der Waals surface area (Å²) in [5.41, 5.74) is 0.790. The molecule has 1 aromatic rings. The first-order valence-corrected chi connectivity index (χ1v) is 6.07. The van der Waals surface area contributed by atoms with E-state index in [0.717, 1.165) is 0 Å². The van der Waals surface area contributed by atoms with E-state index in [4.69, 9.17) is 11.6 Å². The van der Waals surface area contributed by atoms with E-state index in [9.17, 15) is 13.6 Å². The van der Waals surface area contributed by atoms with Crippen LogP contribution in [-0.2, 0) is 0 Å². The summed E-state index contributed by atoms with van der Waals surface area (Å²) in [7, 11) is 0. The molecule has 1 aromatic heterocycles. The monoisotopic (exact) mass is 274 g/mol. The third kappa shape index (κ3) is 2.77. The maximum atomic E-state index is 13.3. The highest BCUT2D eigenvalue weighted by Gasteiger charge is 2.37. The molecule has 0 unspecified atom stereocenters. The van der Waals surface area contributed by atoms with Gasteiger partial charge in [-0.3, -0.25) is 4.79 Å². The van der Waals surface area contributed by atoms with E-state index in [-0.39, 0.29) is 11.6 Å². The van der Waals surface area contributed by atoms with Crippen LogP contribution in [0.25, 0.3) is 0 Å². The fourth-order valence-electron chi connectivity index (χ4n) is 2.07. The minimum Gasteiger partial charge on any atom is -0.333 e. The van der Waals surface area contributed by atoms with Gasteiger partial charge in [0.2, 0.25) is 0 Å². The van der Waals surface area contributed by atoms with Gasteiger partial charge in [0.15, 0.2) is 0 Å². The smallest absolute Gasteiger partial charge is 0.265 e. The topological polar surface area (TPSA) is 33.2 Å². The first kappa shape index (κ1) is 13.2. The van der Waals surface area contributed by atoms with Crippen LogP contribution in [0.5, 0.6) is 0 Å². The number of carbonyl (C=O) groups excluding carboxylic acids is 1. The van der Waals surface area contributed by atoms with Crippen molar-refractivity contribution in [2.75, 3.05) is 13.1 Å². The molecule has 1 saturated heterocycles. The molecule has 2 rings (SSSR count). The molecule has 1 aliphatic rings. The molecule has 3 nitrogen and oxygen atoms in total. The number of likely N-dealkylation sites (tertiary alicyclic amines) is 1. The van der Waals surface area contributed by atoms with Crippen LogP contribution >= 0.6 is 11.6 Å². The molecular formula is C12H13ClF2N2O. The van der Waals surface area contributed by atoms with Gasteiger partial charge in [0.05, 0.1) is 17.8 Å². The standard InChI is InChI=1S/C12H13ClF2N2O/c1-8-9(3-4-10(13)16-8)11(18)17-6-2-5-12(14,15)7-17/h3-4H,2,5-7H2,1H3. The quantitative estimate of drug-likeness (QED) is 0.738. The van der Waals surface area contributed by atoms with Crippen molar-refractivity contribution in [1.29, 1.82) is 0 Å². The second-order valence-electron chi connectivity index (χ2n) is 4.45. The molecule has 0 aliphatic carbocycles. The summed E-state index contributed by atoms with van der Waals surface area (Å²) in [5.74, 6) is -3.20. The summed E-state index contributed by atoms with van der Waals surface area (Å²) >= 11 is 5.70. The van der Waals surface area contributed by atoms with Gasteiger partial charge in [0.1, 0.15) is 5.15 Å². The predicted octanol–water partition coefficient (Wildman–Crippen LogP) is 2.91. The third-order valence-electron chi connectivity index (χ3n) is 2.96. The number of aromatic nitrogens is 1. The molecule has 0 spiro atoms. The number of halogens is 3. The van der Waals surface area contributed by atoms with Gasteiger partial charge in [-0.2, -0.15) is 0 Å². The van der Waals surface area contributed by atoms with Crippen molar-refractivity contribution in [3.05, 3.63) is 28.5 Å². The van der Waals surface area contributed by atoms with Gasteiger partial charge in [-0.25, -0.2) is 13.8 Å². The van der Waals surface area contributed by atoms with Gasteiger partial charge in [0.25, 0.3) is 11.8 Å². The Balaban J connectivity index is 2.20. The van der Waals surface area contributed by atoms with E-state index < -0.39 is 18.4 Å². The number of hydrogen-bond donors (Lipinski definition) is 0. The summed E-state index contributed by atoms with van der Waals surface area (Å²) in [5, 5.41) is 0.285. The molecule has 0 radical (unpaired) electrons. The van der Waals surface area contributed by atoms with Crippen molar-refractivity contribution < 1.29 is 13.6 Å². The molecule has 0 N–H and O–H groups in total. The normalized spacial score (nSPS) is 18.8. The van der Waals surface area contributed by atoms with E-state index in [0.29, 0.717) is 24.2 Å². The number of pyridine rings is 1. The lowest BCUT2D eigenvalue weighted by molar-refractivity contribution is -0.0560. The molecule has 1 aliphatic heterocycles. The summed E-state index contributed by atoms with van der Waals surface area (Å²) in [6.45, 7) is 1.48. The van der Waals surface area contributed by atoms with E-state index in [1.807, 2.05) is 0 Å². The fourth-order valence-corrected chi connectivity index (χ4v) is 2.26. The minimum absolute atomic E-state index is 0.158. The minimum atomic E-state index is -2.79. The lowest BCUT2D eigenvalue weighted by atomic mass is 10.1. The molecular weight excluding hydrogens is 262 g/mol. The van der Waals surface area contributed by atoms with Crippen molar-refractivity contribution in [1.82, 2.24) is 9.88 Å². The number of aryl methyl sites for hydroxylation is 1. The van der Waals surface area contributed by atoms with Gasteiger partial charge in [-0.05, 0) is 25.5 Å². The van der Waals surface area contributed by atoms with E-state index in [1.165, 1.54) is 17.0 Å². The number of alkyl halides is 2. The number of carbonyl (C=O) groups is 1. The van der Waals surface area contributed by atoms with Crippen LogP contribution in [-0.4, -0.2) is 34.8 Å². The number of hydrogen-bond acceptors (Lipinski definition) is 2. The van der Waals surface area contributed by atoms with Gasteiger partial charge in [0, 0.05) is 13.0 Å². The van der Waals surface area contributed by atoms with Crippen molar-refractivity contribution in [2.45, 2.75) is 25.7 Å². The predicted molar refractivity (Wildman–Crippen MR) is 64.1 cm³/mol. The lowest BCUT2D eigenvalue weighted by Gasteiger charge is -2.32. The highest BCUT2D eigenvalue weighted by molar-refractivity contribution is 6.29. The number of amides is 1. The van der Waals surface area contributed by atoms with Gasteiger partial charge in [-0.15, -0.1) is 0 Å². The Labute approximate surface area is 109 Å². The molecule has 98 valence electrons. The largest absolute Gasteiger partial charge is 0.333 e. The van der Waals surface area contributed by atoms with Crippen LogP contribution in [0, 0.1) is 6.92 Å². The second kappa shape index (κ2) is 4.80. The highest BCUT2D eigenvalue weighted by atomic mass is 35.5. The van der Waals surface area contributed by atoms with Crippen LogP contribution in [0.3, 0.4) is 0 Å². The van der Waals surface area contributed by atoms with E-state index in [2.05, 4.69) is 4.98 Å². The molecule has 0 bridgehead atoms. The molecule has 6 heteroatoms. The number of nitrogens with zero attached hydrogens (tertiary/aromatic N) is 2. The Hall–Kier alpha value is -1.23. The highest BCUT2D eigenvalue weighted by Crippen LogP contribution is 2.27. The molecule has 18 heavy (non-hydrogen) atoms. The fraction of sp³-hybridized carbons (Fsp3) is 0.500. The Morgan fingerprint density at radius 3 is 2.83 bits per heavy atom. The van der Waals surface area contributed by atoms with E-state index in [1.54, 1.807) is 6.92 Å². The average molecular weight is 275 g/mol. The van der Waals surface area contributed by atoms with Crippen LogP contribution in [0.2, 0.25) is 5.15 Å². The summed E-state index contributed by atoms with van der Waals surface area (Å²) in [6.07, 6.45) is 0.160. The van der Waals surface area contributed by atoms with Gasteiger partial charge >= 0.3 is 0 Å². The first-order chi connectivity index (χ1) is 8.39. The molecule has 1 fully saturated rings. The van der Waals surface area contributed by atoms with Crippen LogP contribution in [0.4, 0.5) is 8.78 Å². The molecule has 2 heterocycles. The summed E-state index contributed by atoms with van der Waals surface area (Å²) in [6, 6.07) is 3.02. The van der Waals surface area contributed by atoms with Crippen LogP contribution in [0.1, 0.15) is 28.9 Å². The third-order valence-corrected chi connectivity index (χ3v) is 3.17. The molecule has 0 aromatic carbocycles. The Bertz CT molecular complexity index is 479. The Morgan fingerprint density at radius 1 is 1.50 bits per heavy atom. The molecule has 0 saturated carbocycles. The van der Waals surface area contributed by atoms with Crippen LogP contribution < -0.4 is 0 Å². The van der Waals surface area contributed by atoms with Crippen LogP contribution in [0.15, 0.2) is 12.1 Å². The number of piperidine rings is 1. The first-order valence-electron chi connectivity index (χ1n) is 5.69. The van der Waals surface area contributed by atoms with E-state index >= 15 is 0 Å². The Kier molecular flexibility index (Phi) is 3.52. The molecule has 1 amide bonds. The maximum Gasteiger partial charge on any atom is 0.265 e. The average Bonchev–Trinajstić information content (AvgIpc) is 2.27. The van der Waals surface area contributed by atoms with Gasteiger partial charge < -0.3 is 4.90 Å². The van der Waals surface area contributed by atoms with Crippen molar-refractivity contribution in [2.24, 2.45) is 0 Å². The number of rotatable bonds is 1. The SMILES string of the molecule is Cc1nc(Cl)ccc1C(=O)N1CCCC(F)(F)C1. The summed E-state index contributed by atoms with van der Waals surface area (Å²) < 4.78 is 26.5.